The van der Waals surface area contributed by atoms with E-state index < -0.39 is 19.8 Å². The van der Waals surface area contributed by atoms with Crippen molar-refractivity contribution in [3.63, 3.8) is 0 Å². The molecule has 304 valence electrons. The monoisotopic (exact) mass is 815 g/mol. The summed E-state index contributed by atoms with van der Waals surface area (Å²) in [4.78, 5) is 49.1. The Morgan fingerprint density at radius 2 is 1.52 bits per heavy atom. The minimum absolute atomic E-state index is 0.0622. The molecule has 6 aromatic rings. The van der Waals surface area contributed by atoms with Crippen LogP contribution in [0.2, 0.25) is 18.6 Å². The van der Waals surface area contributed by atoms with Crippen molar-refractivity contribution in [2.45, 2.75) is 56.8 Å². The van der Waals surface area contributed by atoms with Crippen LogP contribution in [0.25, 0.3) is 10.8 Å². The molecular formula is C50H49N3O6Si. The summed E-state index contributed by atoms with van der Waals surface area (Å²) in [5.74, 6) is 0.0923. The molecule has 1 saturated heterocycles. The van der Waals surface area contributed by atoms with E-state index in [1.807, 2.05) is 132 Å². The van der Waals surface area contributed by atoms with Crippen LogP contribution >= 0.6 is 0 Å². The number of amides is 3. The molecule has 3 aliphatic heterocycles. The van der Waals surface area contributed by atoms with E-state index in [9.17, 15) is 14.7 Å². The second-order valence-corrected chi connectivity index (χ2v) is 21.5. The molecule has 0 unspecified atom stereocenters. The number of carbonyl (C=O) groups excluding carboxylic acids is 3. The van der Waals surface area contributed by atoms with Gasteiger partial charge < -0.3 is 24.4 Å². The van der Waals surface area contributed by atoms with Crippen molar-refractivity contribution in [3.8, 4) is 5.75 Å². The molecule has 0 aliphatic carbocycles. The minimum atomic E-state index is -2.53. The van der Waals surface area contributed by atoms with Gasteiger partial charge in [0.15, 0.2) is 5.60 Å². The maximum absolute atomic E-state index is 15.5. The number of para-hydroxylation sites is 1. The molecule has 3 amide bonds. The van der Waals surface area contributed by atoms with Crippen molar-refractivity contribution in [3.05, 3.63) is 162 Å². The Balaban J connectivity index is 1.07. The third-order valence-corrected chi connectivity index (χ3v) is 17.5. The zero-order valence-corrected chi connectivity index (χ0v) is 35.4. The fraction of sp³-hybridized carbons (Fsp3) is 0.260. The second kappa shape index (κ2) is 15.5. The molecule has 1 fully saturated rings. The van der Waals surface area contributed by atoms with Crippen LogP contribution in [-0.4, -0.2) is 62.2 Å². The average molecular weight is 816 g/mol. The van der Waals surface area contributed by atoms with Crippen molar-refractivity contribution >= 4 is 58.8 Å². The van der Waals surface area contributed by atoms with Gasteiger partial charge in [0.25, 0.3) is 11.8 Å². The summed E-state index contributed by atoms with van der Waals surface area (Å²) >= 11 is 0. The predicted octanol–water partition coefficient (Wildman–Crippen LogP) is 8.31. The lowest BCUT2D eigenvalue weighted by molar-refractivity contribution is -0.150. The summed E-state index contributed by atoms with van der Waals surface area (Å²) in [6, 6.07) is 45.5. The number of rotatable bonds is 12. The molecule has 1 spiro atoms. The molecule has 6 aromatic carbocycles. The highest BCUT2D eigenvalue weighted by atomic mass is 28.3. The number of carbonyl (C=O) groups is 3. The average Bonchev–Trinajstić information content (AvgIpc) is 3.82. The normalized spacial score (nSPS) is 20.6. The SMILES string of the molecule is COc1ccc([Si](C)(C)[C@@H]2[C@@H](CC(=O)N(CCO)Cc3ccccc3)O[C@]3(C(=O)N(Cc4cccc(N5C(=O)c6cccc7cccc5c67)c4)c4ccccc43)[C@H]2C)cc1. The first-order chi connectivity index (χ1) is 29.1. The number of aliphatic hydroxyl groups excluding tert-OH is 1. The quantitative estimate of drug-likeness (QED) is 0.125. The lowest BCUT2D eigenvalue weighted by Crippen LogP contribution is -2.52. The topological polar surface area (TPSA) is 99.6 Å². The van der Waals surface area contributed by atoms with E-state index in [1.54, 1.807) is 16.9 Å². The predicted molar refractivity (Wildman–Crippen MR) is 238 cm³/mol. The molecule has 1 N–H and O–H groups in total. The van der Waals surface area contributed by atoms with E-state index in [4.69, 9.17) is 9.47 Å². The first-order valence-corrected chi connectivity index (χ1v) is 23.8. The Hall–Kier alpha value is -6.07. The maximum Gasteiger partial charge on any atom is 0.264 e. The van der Waals surface area contributed by atoms with E-state index in [-0.39, 0.29) is 55.3 Å². The molecule has 60 heavy (non-hydrogen) atoms. The van der Waals surface area contributed by atoms with Crippen LogP contribution in [0, 0.1) is 5.92 Å². The van der Waals surface area contributed by atoms with Crippen molar-refractivity contribution in [2.24, 2.45) is 5.92 Å². The number of nitrogens with zero attached hydrogens (tertiary/aromatic N) is 3. The summed E-state index contributed by atoms with van der Waals surface area (Å²) in [6.45, 7) is 7.36. The first kappa shape index (κ1) is 39.4. The Labute approximate surface area is 351 Å². The first-order valence-electron chi connectivity index (χ1n) is 20.7. The van der Waals surface area contributed by atoms with Gasteiger partial charge in [0.05, 0.1) is 57.8 Å². The van der Waals surface area contributed by atoms with Gasteiger partial charge in [0, 0.05) is 35.6 Å². The van der Waals surface area contributed by atoms with Gasteiger partial charge in [-0.1, -0.05) is 122 Å². The smallest absolute Gasteiger partial charge is 0.264 e. The van der Waals surface area contributed by atoms with Gasteiger partial charge in [0.2, 0.25) is 5.91 Å². The zero-order chi connectivity index (χ0) is 41.8. The Kier molecular flexibility index (Phi) is 10.2. The molecular weight excluding hydrogens is 767 g/mol. The molecule has 9 rings (SSSR count). The van der Waals surface area contributed by atoms with Crippen molar-refractivity contribution in [1.29, 1.82) is 0 Å². The largest absolute Gasteiger partial charge is 0.497 e. The minimum Gasteiger partial charge on any atom is -0.497 e. The summed E-state index contributed by atoms with van der Waals surface area (Å²) in [5, 5.41) is 13.2. The van der Waals surface area contributed by atoms with Crippen LogP contribution in [0.3, 0.4) is 0 Å². The zero-order valence-electron chi connectivity index (χ0n) is 34.4. The van der Waals surface area contributed by atoms with Crippen molar-refractivity contribution < 1.29 is 29.0 Å². The number of methoxy groups -OCH3 is 1. The third-order valence-electron chi connectivity index (χ3n) is 13.1. The summed E-state index contributed by atoms with van der Waals surface area (Å²) in [6.07, 6.45) is -0.522. The van der Waals surface area contributed by atoms with Crippen molar-refractivity contribution in [2.75, 3.05) is 30.1 Å². The summed E-state index contributed by atoms with van der Waals surface area (Å²) in [7, 11) is -0.875. The number of benzene rings is 6. The fourth-order valence-corrected chi connectivity index (χ4v) is 14.3. The van der Waals surface area contributed by atoms with Crippen LogP contribution in [0.5, 0.6) is 5.75 Å². The van der Waals surface area contributed by atoms with Gasteiger partial charge in [-0.05, 0) is 64.5 Å². The van der Waals surface area contributed by atoms with Gasteiger partial charge in [0.1, 0.15) is 5.75 Å². The van der Waals surface area contributed by atoms with Gasteiger partial charge in [-0.2, -0.15) is 0 Å². The highest BCUT2D eigenvalue weighted by Gasteiger charge is 2.66. The van der Waals surface area contributed by atoms with Gasteiger partial charge in [-0.25, -0.2) is 0 Å². The number of hydrogen-bond acceptors (Lipinski definition) is 6. The maximum atomic E-state index is 15.5. The van der Waals surface area contributed by atoms with Crippen LogP contribution in [0.4, 0.5) is 17.1 Å². The van der Waals surface area contributed by atoms with Gasteiger partial charge in [-0.3, -0.25) is 19.3 Å². The van der Waals surface area contributed by atoms with E-state index >= 15 is 4.79 Å². The number of fused-ring (bicyclic) bond motifs is 2. The van der Waals surface area contributed by atoms with Crippen LogP contribution in [-0.2, 0) is 33.0 Å². The lowest BCUT2D eigenvalue weighted by atomic mass is 9.82. The number of anilines is 3. The fourth-order valence-electron chi connectivity index (χ4n) is 10.3. The Morgan fingerprint density at radius 3 is 2.27 bits per heavy atom. The van der Waals surface area contributed by atoms with Crippen molar-refractivity contribution in [1.82, 2.24) is 4.90 Å². The molecule has 3 aliphatic rings. The Bertz CT molecular complexity index is 2610. The number of ether oxygens (including phenoxy) is 2. The molecule has 10 heteroatoms. The molecule has 4 atom stereocenters. The van der Waals surface area contributed by atoms with E-state index in [0.717, 1.165) is 50.3 Å². The number of hydrogen-bond donors (Lipinski definition) is 1. The standard InChI is InChI=1S/C50H49N3O6Si/c1-33-47(60(3,4)39-25-23-38(58-2)24-26-39)44(30-45(55)51(27-28-54)31-34-13-6-5-7-14-34)59-50(33)41-20-8-9-21-42(41)52(49(50)57)32-35-15-10-18-37(29-35)53-43-22-12-17-36-16-11-19-40(46(36)43)48(53)56/h5-26,29,33,44,47,54H,27-28,30-32H2,1-4H3/t33-,44+,47-,50+/m0/s1. The molecule has 0 saturated carbocycles. The van der Waals surface area contributed by atoms with Gasteiger partial charge >= 0.3 is 0 Å². The molecule has 0 radical (unpaired) electrons. The summed E-state index contributed by atoms with van der Waals surface area (Å²) < 4.78 is 12.8. The molecule has 9 nitrogen and oxygen atoms in total. The Morgan fingerprint density at radius 1 is 0.833 bits per heavy atom. The highest BCUT2D eigenvalue weighted by Crippen LogP contribution is 2.60. The second-order valence-electron chi connectivity index (χ2n) is 16.8. The van der Waals surface area contributed by atoms with Gasteiger partial charge in [-0.15, -0.1) is 0 Å². The third kappa shape index (κ3) is 6.41. The van der Waals surface area contributed by atoms with Crippen LogP contribution in [0.1, 0.15) is 40.4 Å². The number of aliphatic hydroxyl groups is 1. The van der Waals surface area contributed by atoms with E-state index in [0.29, 0.717) is 12.1 Å². The van der Waals surface area contributed by atoms with E-state index in [1.165, 1.54) is 5.19 Å². The highest BCUT2D eigenvalue weighted by molar-refractivity contribution is 6.91. The van der Waals surface area contributed by atoms with Crippen LogP contribution in [0.15, 0.2) is 140 Å². The van der Waals surface area contributed by atoms with Crippen LogP contribution < -0.4 is 19.7 Å². The molecule has 3 heterocycles. The molecule has 0 bridgehead atoms. The molecule has 0 aromatic heterocycles. The summed E-state index contributed by atoms with van der Waals surface area (Å²) in [5.41, 5.74) is 4.17. The lowest BCUT2D eigenvalue weighted by Gasteiger charge is -2.37. The van der Waals surface area contributed by atoms with E-state index in [2.05, 4.69) is 32.2 Å².